The molecule has 1 amide bonds. The van der Waals surface area contributed by atoms with Crippen molar-refractivity contribution >= 4 is 17.6 Å². The minimum atomic E-state index is -0.525. The summed E-state index contributed by atoms with van der Waals surface area (Å²) in [5.41, 5.74) is 2.49. The average molecular weight is 424 g/mol. The molecule has 1 aromatic heterocycles. The Morgan fingerprint density at radius 2 is 1.84 bits per heavy atom. The predicted molar refractivity (Wildman–Crippen MR) is 114 cm³/mol. The molecule has 0 unspecified atom stereocenters. The third-order valence-corrected chi connectivity index (χ3v) is 4.48. The zero-order valence-electron chi connectivity index (χ0n) is 17.6. The van der Waals surface area contributed by atoms with Crippen LogP contribution < -0.4 is 14.8 Å². The molecule has 3 rings (SSSR count). The first-order chi connectivity index (χ1) is 15.0. The van der Waals surface area contributed by atoms with Crippen LogP contribution in [0.1, 0.15) is 17.9 Å². The molecule has 0 aliphatic rings. The smallest absolute Gasteiger partial charge is 0.306 e. The van der Waals surface area contributed by atoms with Gasteiger partial charge in [0.1, 0.15) is 11.5 Å². The second-order valence-corrected chi connectivity index (χ2v) is 6.76. The molecule has 1 heterocycles. The maximum Gasteiger partial charge on any atom is 0.306 e. The number of ether oxygens (including phenoxy) is 3. The number of nitrogens with zero attached hydrogens (tertiary/aromatic N) is 1. The number of anilines is 1. The van der Waals surface area contributed by atoms with Crippen molar-refractivity contribution in [2.45, 2.75) is 19.8 Å². The van der Waals surface area contributed by atoms with Gasteiger partial charge in [-0.3, -0.25) is 9.59 Å². The summed E-state index contributed by atoms with van der Waals surface area (Å²) < 4.78 is 21.1. The molecule has 162 valence electrons. The Labute approximate surface area is 180 Å². The third kappa shape index (κ3) is 6.08. The Morgan fingerprint density at radius 3 is 2.55 bits per heavy atom. The molecule has 0 radical (unpaired) electrons. The molecule has 8 nitrogen and oxygen atoms in total. The van der Waals surface area contributed by atoms with Gasteiger partial charge in [0, 0.05) is 18.1 Å². The van der Waals surface area contributed by atoms with Crippen LogP contribution in [0.25, 0.3) is 11.3 Å². The van der Waals surface area contributed by atoms with Gasteiger partial charge in [0.2, 0.25) is 0 Å². The molecule has 0 atom stereocenters. The van der Waals surface area contributed by atoms with Gasteiger partial charge in [-0.05, 0) is 19.1 Å². The summed E-state index contributed by atoms with van der Waals surface area (Å²) in [5, 5.41) is 2.64. The first-order valence-corrected chi connectivity index (χ1v) is 9.67. The number of aromatic nitrogens is 1. The number of hydrogen-bond donors (Lipinski definition) is 1. The number of benzene rings is 2. The SMILES string of the molecule is COc1ccc(OC)c(NC(=O)COC(=O)CCc2ncc(-c3ccc(C)cc3)o2)c1. The quantitative estimate of drug-likeness (QED) is 0.522. The fourth-order valence-electron chi connectivity index (χ4n) is 2.80. The van der Waals surface area contributed by atoms with Crippen LogP contribution in [0.4, 0.5) is 5.69 Å². The summed E-state index contributed by atoms with van der Waals surface area (Å²) in [6.07, 6.45) is 1.94. The van der Waals surface area contributed by atoms with E-state index in [9.17, 15) is 9.59 Å². The fraction of sp³-hybridized carbons (Fsp3) is 0.261. The standard InChI is InChI=1S/C23H24N2O6/c1-15-4-6-16(7-5-15)20-13-24-22(31-20)10-11-23(27)30-14-21(26)25-18-12-17(28-2)8-9-19(18)29-3/h4-9,12-13H,10-11,14H2,1-3H3,(H,25,26). The number of oxazole rings is 1. The highest BCUT2D eigenvalue weighted by Gasteiger charge is 2.13. The molecule has 0 spiro atoms. The molecule has 1 N–H and O–H groups in total. The van der Waals surface area contributed by atoms with Crippen molar-refractivity contribution in [3.63, 3.8) is 0 Å². The number of methoxy groups -OCH3 is 2. The summed E-state index contributed by atoms with van der Waals surface area (Å²) in [4.78, 5) is 28.3. The van der Waals surface area contributed by atoms with Crippen molar-refractivity contribution in [1.29, 1.82) is 0 Å². The van der Waals surface area contributed by atoms with Crippen LogP contribution in [0.15, 0.2) is 53.1 Å². The van der Waals surface area contributed by atoms with Crippen LogP contribution in [0.3, 0.4) is 0 Å². The van der Waals surface area contributed by atoms with E-state index in [1.807, 2.05) is 31.2 Å². The van der Waals surface area contributed by atoms with Gasteiger partial charge < -0.3 is 23.9 Å². The van der Waals surface area contributed by atoms with Gasteiger partial charge in [0.25, 0.3) is 5.91 Å². The van der Waals surface area contributed by atoms with Crippen LogP contribution >= 0.6 is 0 Å². The zero-order chi connectivity index (χ0) is 22.2. The van der Waals surface area contributed by atoms with E-state index >= 15 is 0 Å². The molecular formula is C23H24N2O6. The Kier molecular flexibility index (Phi) is 7.26. The van der Waals surface area contributed by atoms with Gasteiger partial charge in [0.05, 0.1) is 32.5 Å². The Balaban J connectivity index is 1.46. The summed E-state index contributed by atoms with van der Waals surface area (Å²) in [5.74, 6) is 1.08. The van der Waals surface area contributed by atoms with E-state index in [1.165, 1.54) is 14.2 Å². The Morgan fingerprint density at radius 1 is 1.06 bits per heavy atom. The van der Waals surface area contributed by atoms with Crippen LogP contribution in [0, 0.1) is 6.92 Å². The van der Waals surface area contributed by atoms with Crippen molar-refractivity contribution < 1.29 is 28.2 Å². The van der Waals surface area contributed by atoms with Crippen LogP contribution in [-0.4, -0.2) is 37.7 Å². The molecule has 0 aliphatic heterocycles. The molecule has 0 saturated carbocycles. The summed E-state index contributed by atoms with van der Waals surface area (Å²) in [6, 6.07) is 12.9. The van der Waals surface area contributed by atoms with Gasteiger partial charge in [-0.25, -0.2) is 4.98 Å². The van der Waals surface area contributed by atoms with Crippen LogP contribution in [-0.2, 0) is 20.7 Å². The molecule has 2 aromatic carbocycles. The number of esters is 1. The lowest BCUT2D eigenvalue weighted by Crippen LogP contribution is -2.21. The van der Waals surface area contributed by atoms with E-state index in [0.717, 1.165) is 11.1 Å². The predicted octanol–water partition coefficient (Wildman–Crippen LogP) is 3.78. The fourth-order valence-corrected chi connectivity index (χ4v) is 2.80. The number of nitrogens with one attached hydrogen (secondary N) is 1. The lowest BCUT2D eigenvalue weighted by molar-refractivity contribution is -0.147. The molecule has 31 heavy (non-hydrogen) atoms. The first kappa shape index (κ1) is 21.9. The zero-order valence-corrected chi connectivity index (χ0v) is 17.6. The molecule has 0 saturated heterocycles. The number of hydrogen-bond acceptors (Lipinski definition) is 7. The summed E-state index contributed by atoms with van der Waals surface area (Å²) in [6.45, 7) is 1.59. The average Bonchev–Trinajstić information content (AvgIpc) is 3.25. The number of aryl methyl sites for hydroxylation is 2. The topological polar surface area (TPSA) is 99.9 Å². The maximum absolute atomic E-state index is 12.1. The third-order valence-electron chi connectivity index (χ3n) is 4.48. The molecule has 8 heteroatoms. The highest BCUT2D eigenvalue weighted by atomic mass is 16.5. The minimum absolute atomic E-state index is 0.0453. The lowest BCUT2D eigenvalue weighted by Gasteiger charge is -2.11. The summed E-state index contributed by atoms with van der Waals surface area (Å²) >= 11 is 0. The Hall–Kier alpha value is -3.81. The lowest BCUT2D eigenvalue weighted by atomic mass is 10.1. The molecular weight excluding hydrogens is 400 g/mol. The highest BCUT2D eigenvalue weighted by Crippen LogP contribution is 2.28. The van der Waals surface area contributed by atoms with Crippen molar-refractivity contribution in [3.05, 3.63) is 60.1 Å². The second-order valence-electron chi connectivity index (χ2n) is 6.76. The number of amides is 1. The number of rotatable bonds is 9. The van der Waals surface area contributed by atoms with E-state index < -0.39 is 18.5 Å². The minimum Gasteiger partial charge on any atom is -0.497 e. The van der Waals surface area contributed by atoms with E-state index in [1.54, 1.807) is 24.4 Å². The van der Waals surface area contributed by atoms with E-state index in [0.29, 0.717) is 28.8 Å². The van der Waals surface area contributed by atoms with Crippen LogP contribution in [0.2, 0.25) is 0 Å². The van der Waals surface area contributed by atoms with E-state index in [-0.39, 0.29) is 12.8 Å². The molecule has 0 aliphatic carbocycles. The van der Waals surface area contributed by atoms with Crippen molar-refractivity contribution in [2.75, 3.05) is 26.1 Å². The van der Waals surface area contributed by atoms with Gasteiger partial charge >= 0.3 is 5.97 Å². The second kappa shape index (κ2) is 10.3. The summed E-state index contributed by atoms with van der Waals surface area (Å²) in [7, 11) is 3.01. The number of carbonyl (C=O) groups excluding carboxylic acids is 2. The normalized spacial score (nSPS) is 10.4. The van der Waals surface area contributed by atoms with Crippen molar-refractivity contribution in [1.82, 2.24) is 4.98 Å². The van der Waals surface area contributed by atoms with Gasteiger partial charge in [-0.15, -0.1) is 0 Å². The Bertz CT molecular complexity index is 1040. The molecule has 0 fully saturated rings. The molecule has 3 aromatic rings. The highest BCUT2D eigenvalue weighted by molar-refractivity contribution is 5.94. The molecule has 0 bridgehead atoms. The maximum atomic E-state index is 12.1. The first-order valence-electron chi connectivity index (χ1n) is 9.67. The van der Waals surface area contributed by atoms with Gasteiger partial charge in [0.15, 0.2) is 18.3 Å². The van der Waals surface area contributed by atoms with E-state index in [4.69, 9.17) is 18.6 Å². The van der Waals surface area contributed by atoms with Gasteiger partial charge in [-0.2, -0.15) is 0 Å². The largest absolute Gasteiger partial charge is 0.497 e. The van der Waals surface area contributed by atoms with Gasteiger partial charge in [-0.1, -0.05) is 29.8 Å². The van der Waals surface area contributed by atoms with Crippen LogP contribution in [0.5, 0.6) is 11.5 Å². The van der Waals surface area contributed by atoms with E-state index in [2.05, 4.69) is 10.3 Å². The van der Waals surface area contributed by atoms with Crippen molar-refractivity contribution in [2.24, 2.45) is 0 Å². The van der Waals surface area contributed by atoms with Crippen molar-refractivity contribution in [3.8, 4) is 22.8 Å². The number of carbonyl (C=O) groups is 2. The monoisotopic (exact) mass is 424 g/mol.